The van der Waals surface area contributed by atoms with Gasteiger partial charge < -0.3 is 10.6 Å². The number of rotatable bonds is 5. The summed E-state index contributed by atoms with van der Waals surface area (Å²) in [6, 6.07) is 5.45. The average molecular weight is 313 g/mol. The molecule has 5 heteroatoms. The number of hydrogen-bond acceptors (Lipinski definition) is 2. The second kappa shape index (κ2) is 7.16. The first-order valence-corrected chi connectivity index (χ1v) is 6.96. The predicted octanol–water partition coefficient (Wildman–Crippen LogP) is 3.07. The molecule has 0 aromatic heterocycles. The summed E-state index contributed by atoms with van der Waals surface area (Å²) >= 11 is 3.22. The normalized spacial score (nSPS) is 9.94. The van der Waals surface area contributed by atoms with Crippen LogP contribution in [0.15, 0.2) is 18.2 Å². The average Bonchev–Trinajstić information content (AvgIpc) is 2.34. The van der Waals surface area contributed by atoms with Crippen molar-refractivity contribution >= 4 is 39.1 Å². The lowest BCUT2D eigenvalue weighted by atomic mass is 10.1. The Balaban J connectivity index is 2.84. The molecule has 98 valence electrons. The van der Waals surface area contributed by atoms with Gasteiger partial charge in [0.2, 0.25) is 11.8 Å². The third-order valence-electron chi connectivity index (χ3n) is 2.52. The zero-order chi connectivity index (χ0) is 13.5. The lowest BCUT2D eigenvalue weighted by Gasteiger charge is -2.12. The van der Waals surface area contributed by atoms with Crippen molar-refractivity contribution in [3.05, 3.63) is 23.8 Å². The zero-order valence-corrected chi connectivity index (χ0v) is 12.1. The van der Waals surface area contributed by atoms with E-state index >= 15 is 0 Å². The number of amides is 2. The summed E-state index contributed by atoms with van der Waals surface area (Å²) in [5.41, 5.74) is 2.33. The number of halogens is 1. The van der Waals surface area contributed by atoms with E-state index in [2.05, 4.69) is 26.6 Å². The van der Waals surface area contributed by atoms with E-state index < -0.39 is 0 Å². The predicted molar refractivity (Wildman–Crippen MR) is 77.1 cm³/mol. The van der Waals surface area contributed by atoms with Crippen LogP contribution in [0.4, 0.5) is 11.4 Å². The van der Waals surface area contributed by atoms with Crippen LogP contribution in [-0.4, -0.2) is 17.1 Å². The fraction of sp³-hybridized carbons (Fsp3) is 0.385. The van der Waals surface area contributed by atoms with E-state index in [1.807, 2.05) is 25.1 Å². The van der Waals surface area contributed by atoms with Crippen LogP contribution in [0.25, 0.3) is 0 Å². The quantitative estimate of drug-likeness (QED) is 0.821. The van der Waals surface area contributed by atoms with Crippen molar-refractivity contribution in [3.8, 4) is 0 Å². The highest BCUT2D eigenvalue weighted by molar-refractivity contribution is 9.09. The van der Waals surface area contributed by atoms with Crippen molar-refractivity contribution in [1.29, 1.82) is 0 Å². The lowest BCUT2D eigenvalue weighted by molar-refractivity contribution is -0.116. The second-order valence-electron chi connectivity index (χ2n) is 3.87. The van der Waals surface area contributed by atoms with E-state index in [9.17, 15) is 9.59 Å². The second-order valence-corrected chi connectivity index (χ2v) is 4.66. The van der Waals surface area contributed by atoms with Crippen molar-refractivity contribution in [2.24, 2.45) is 0 Å². The van der Waals surface area contributed by atoms with Gasteiger partial charge >= 0.3 is 0 Å². The largest absolute Gasteiger partial charge is 0.326 e. The van der Waals surface area contributed by atoms with Crippen LogP contribution in [0.3, 0.4) is 0 Å². The number of nitrogens with one attached hydrogen (secondary N) is 2. The number of hydrogen-bond donors (Lipinski definition) is 2. The van der Waals surface area contributed by atoms with E-state index in [0.29, 0.717) is 18.2 Å². The van der Waals surface area contributed by atoms with Gasteiger partial charge in [0.15, 0.2) is 0 Å². The van der Waals surface area contributed by atoms with Gasteiger partial charge in [-0.25, -0.2) is 0 Å². The Hall–Kier alpha value is -1.36. The van der Waals surface area contributed by atoms with Gasteiger partial charge in [0.05, 0.1) is 0 Å². The van der Waals surface area contributed by atoms with E-state index in [1.165, 1.54) is 0 Å². The summed E-state index contributed by atoms with van der Waals surface area (Å²) in [6.07, 6.45) is 0.852. The minimum atomic E-state index is -0.0473. The summed E-state index contributed by atoms with van der Waals surface area (Å²) in [5.74, 6) is -0.0871. The molecule has 0 spiro atoms. The standard InChI is InChI=1S/C13H17BrN2O2/c1-3-12(17)15-10-5-4-6-11(9(10)2)16-13(18)7-8-14/h4-6H,3,7-8H2,1-2H3,(H,15,17)(H,16,18). The number of anilines is 2. The maximum atomic E-state index is 11.5. The fourth-order valence-corrected chi connectivity index (χ4v) is 1.80. The molecule has 0 fully saturated rings. The molecule has 0 aliphatic carbocycles. The highest BCUT2D eigenvalue weighted by atomic mass is 79.9. The van der Waals surface area contributed by atoms with E-state index in [4.69, 9.17) is 0 Å². The maximum absolute atomic E-state index is 11.5. The summed E-state index contributed by atoms with van der Waals surface area (Å²) in [6.45, 7) is 3.67. The summed E-state index contributed by atoms with van der Waals surface area (Å²) in [4.78, 5) is 22.9. The number of carbonyl (C=O) groups is 2. The molecule has 1 rings (SSSR count). The third-order valence-corrected chi connectivity index (χ3v) is 2.92. The third kappa shape index (κ3) is 4.14. The summed E-state index contributed by atoms with van der Waals surface area (Å²) < 4.78 is 0. The Morgan fingerprint density at radius 3 is 2.22 bits per heavy atom. The first kappa shape index (κ1) is 14.7. The van der Waals surface area contributed by atoms with Crippen LogP contribution < -0.4 is 10.6 Å². The molecule has 0 radical (unpaired) electrons. The Morgan fingerprint density at radius 1 is 1.17 bits per heavy atom. The highest BCUT2D eigenvalue weighted by Gasteiger charge is 2.08. The van der Waals surface area contributed by atoms with Gasteiger partial charge in [0, 0.05) is 29.5 Å². The lowest BCUT2D eigenvalue weighted by Crippen LogP contribution is -2.14. The molecule has 18 heavy (non-hydrogen) atoms. The van der Waals surface area contributed by atoms with Crippen LogP contribution in [0, 0.1) is 6.92 Å². The van der Waals surface area contributed by atoms with Crippen LogP contribution in [0.5, 0.6) is 0 Å². The van der Waals surface area contributed by atoms with Crippen LogP contribution in [0.2, 0.25) is 0 Å². The molecule has 2 amide bonds. The molecule has 1 aromatic rings. The number of carbonyl (C=O) groups excluding carboxylic acids is 2. The molecule has 4 nitrogen and oxygen atoms in total. The van der Waals surface area contributed by atoms with Crippen LogP contribution >= 0.6 is 15.9 Å². The SMILES string of the molecule is CCC(=O)Nc1cccc(NC(=O)CCBr)c1C. The molecular formula is C13H17BrN2O2. The monoisotopic (exact) mass is 312 g/mol. The first-order valence-electron chi connectivity index (χ1n) is 5.83. The highest BCUT2D eigenvalue weighted by Crippen LogP contribution is 2.23. The van der Waals surface area contributed by atoms with Crippen LogP contribution in [0.1, 0.15) is 25.3 Å². The van der Waals surface area contributed by atoms with Gasteiger partial charge in [-0.2, -0.15) is 0 Å². The van der Waals surface area contributed by atoms with Crippen molar-refractivity contribution < 1.29 is 9.59 Å². The summed E-state index contributed by atoms with van der Waals surface area (Å²) in [7, 11) is 0. The zero-order valence-electron chi connectivity index (χ0n) is 10.5. The van der Waals surface area contributed by atoms with Crippen LogP contribution in [-0.2, 0) is 9.59 Å². The summed E-state index contributed by atoms with van der Waals surface area (Å²) in [5, 5.41) is 6.26. The number of benzene rings is 1. The van der Waals surface area contributed by atoms with Gasteiger partial charge in [0.25, 0.3) is 0 Å². The van der Waals surface area contributed by atoms with Gasteiger partial charge in [0.1, 0.15) is 0 Å². The van der Waals surface area contributed by atoms with Gasteiger partial charge in [-0.15, -0.1) is 0 Å². The number of alkyl halides is 1. The van der Waals surface area contributed by atoms with Crippen molar-refractivity contribution in [2.75, 3.05) is 16.0 Å². The fourth-order valence-electron chi connectivity index (χ4n) is 1.44. The smallest absolute Gasteiger partial charge is 0.225 e. The van der Waals surface area contributed by atoms with Crippen molar-refractivity contribution in [2.45, 2.75) is 26.7 Å². The Bertz CT molecular complexity index is 447. The topological polar surface area (TPSA) is 58.2 Å². The van der Waals surface area contributed by atoms with E-state index in [-0.39, 0.29) is 11.8 Å². The molecule has 0 aliphatic heterocycles. The Morgan fingerprint density at radius 2 is 1.72 bits per heavy atom. The Labute approximate surface area is 115 Å². The molecule has 0 atom stereocenters. The van der Waals surface area contributed by atoms with Gasteiger partial charge in [-0.3, -0.25) is 9.59 Å². The molecule has 0 bridgehead atoms. The molecule has 0 saturated carbocycles. The van der Waals surface area contributed by atoms with Gasteiger partial charge in [-0.05, 0) is 24.6 Å². The maximum Gasteiger partial charge on any atom is 0.225 e. The molecule has 2 N–H and O–H groups in total. The minimum Gasteiger partial charge on any atom is -0.326 e. The molecule has 0 unspecified atom stereocenters. The molecule has 1 aromatic carbocycles. The Kier molecular flexibility index (Phi) is 5.85. The first-order chi connectivity index (χ1) is 8.58. The molecule has 0 aliphatic rings. The van der Waals surface area contributed by atoms with E-state index in [0.717, 1.165) is 16.9 Å². The van der Waals surface area contributed by atoms with Crippen molar-refractivity contribution in [1.82, 2.24) is 0 Å². The van der Waals surface area contributed by atoms with E-state index in [1.54, 1.807) is 6.92 Å². The van der Waals surface area contributed by atoms with Gasteiger partial charge in [-0.1, -0.05) is 28.9 Å². The molecule has 0 saturated heterocycles. The minimum absolute atomic E-state index is 0.0398. The molecular weight excluding hydrogens is 296 g/mol. The molecule has 0 heterocycles. The van der Waals surface area contributed by atoms with Crippen molar-refractivity contribution in [3.63, 3.8) is 0 Å².